The molecule has 1 aliphatic rings. The van der Waals surface area contributed by atoms with Crippen LogP contribution in [0.4, 0.5) is 11.4 Å². The second-order valence-electron chi connectivity index (χ2n) is 7.58. The van der Waals surface area contributed by atoms with E-state index in [4.69, 9.17) is 16.3 Å². The lowest BCUT2D eigenvalue weighted by Crippen LogP contribution is -2.35. The Hall–Kier alpha value is -3.31. The summed E-state index contributed by atoms with van der Waals surface area (Å²) in [6.45, 7) is 2.64. The largest absolute Gasteiger partial charge is 0.495 e. The van der Waals surface area contributed by atoms with Gasteiger partial charge < -0.3 is 15.0 Å². The first kappa shape index (κ1) is 20.9. The van der Waals surface area contributed by atoms with Crippen LogP contribution in [0.5, 0.6) is 5.75 Å². The quantitative estimate of drug-likeness (QED) is 0.589. The normalized spacial score (nSPS) is 12.8. The molecule has 6 heteroatoms. The monoisotopic (exact) mass is 434 g/mol. The van der Waals surface area contributed by atoms with Gasteiger partial charge in [-0.1, -0.05) is 29.3 Å². The number of carbonyl (C=O) groups is 2. The molecule has 0 radical (unpaired) electrons. The van der Waals surface area contributed by atoms with E-state index in [1.807, 2.05) is 43.3 Å². The summed E-state index contributed by atoms with van der Waals surface area (Å²) >= 11 is 6.15. The van der Waals surface area contributed by atoms with Gasteiger partial charge in [0.05, 0.1) is 12.1 Å². The van der Waals surface area contributed by atoms with Crippen LogP contribution < -0.4 is 15.0 Å². The molecule has 2 amide bonds. The first-order valence-corrected chi connectivity index (χ1v) is 10.5. The average Bonchev–Trinajstić information content (AvgIpc) is 2.78. The van der Waals surface area contributed by atoms with Crippen LogP contribution in [-0.2, 0) is 6.42 Å². The molecule has 3 aromatic rings. The van der Waals surface area contributed by atoms with Gasteiger partial charge in [-0.3, -0.25) is 9.59 Å². The zero-order valence-electron chi connectivity index (χ0n) is 17.4. The number of amides is 2. The number of fused-ring (bicyclic) bond motifs is 1. The maximum absolute atomic E-state index is 13.1. The minimum absolute atomic E-state index is 0.0188. The number of halogens is 1. The number of ether oxygens (including phenoxy) is 1. The summed E-state index contributed by atoms with van der Waals surface area (Å²) in [5, 5.41) is 3.29. The molecule has 0 fully saturated rings. The molecule has 0 bridgehead atoms. The van der Waals surface area contributed by atoms with Crippen molar-refractivity contribution in [2.24, 2.45) is 0 Å². The summed E-state index contributed by atoms with van der Waals surface area (Å²) in [6.07, 6.45) is 1.67. The number of anilines is 2. The van der Waals surface area contributed by atoms with Gasteiger partial charge in [0.25, 0.3) is 11.8 Å². The van der Waals surface area contributed by atoms with Crippen molar-refractivity contribution in [2.45, 2.75) is 19.8 Å². The molecule has 0 saturated carbocycles. The third-order valence-corrected chi connectivity index (χ3v) is 5.68. The van der Waals surface area contributed by atoms with E-state index in [1.54, 1.807) is 36.3 Å². The van der Waals surface area contributed by atoms with E-state index >= 15 is 0 Å². The molecule has 0 atom stereocenters. The van der Waals surface area contributed by atoms with Gasteiger partial charge in [-0.05, 0) is 73.9 Å². The predicted octanol–water partition coefficient (Wildman–Crippen LogP) is 5.50. The van der Waals surface area contributed by atoms with Crippen LogP contribution in [0.2, 0.25) is 5.02 Å². The summed E-state index contributed by atoms with van der Waals surface area (Å²) < 4.78 is 5.14. The Kier molecular flexibility index (Phi) is 5.96. The highest BCUT2D eigenvalue weighted by Gasteiger charge is 2.24. The molecule has 0 aromatic heterocycles. The summed E-state index contributed by atoms with van der Waals surface area (Å²) in [5.74, 6) is 0.299. The van der Waals surface area contributed by atoms with Crippen molar-refractivity contribution < 1.29 is 14.3 Å². The van der Waals surface area contributed by atoms with Gasteiger partial charge in [-0.2, -0.15) is 0 Å². The van der Waals surface area contributed by atoms with Gasteiger partial charge >= 0.3 is 0 Å². The van der Waals surface area contributed by atoms with Crippen LogP contribution in [0.3, 0.4) is 0 Å². The van der Waals surface area contributed by atoms with Crippen molar-refractivity contribution in [1.82, 2.24) is 0 Å². The standard InChI is InChI=1S/C25H23ClN2O3/c1-16-5-3-6-19(13-16)25(30)28-12-4-7-17-14-18(8-10-22(17)28)24(29)27-20-9-11-23(31-2)21(26)15-20/h3,5-6,8-11,13-15H,4,7,12H2,1-2H3,(H,27,29). The van der Waals surface area contributed by atoms with E-state index in [0.717, 1.165) is 29.7 Å². The number of rotatable bonds is 4. The van der Waals surface area contributed by atoms with E-state index in [1.165, 1.54) is 0 Å². The van der Waals surface area contributed by atoms with E-state index in [0.29, 0.717) is 34.1 Å². The molecule has 1 N–H and O–H groups in total. The zero-order chi connectivity index (χ0) is 22.0. The Balaban J connectivity index is 1.56. The lowest BCUT2D eigenvalue weighted by Gasteiger charge is -2.30. The molecule has 1 heterocycles. The Labute approximate surface area is 186 Å². The van der Waals surface area contributed by atoms with Crippen molar-refractivity contribution in [1.29, 1.82) is 0 Å². The molecule has 5 nitrogen and oxygen atoms in total. The van der Waals surface area contributed by atoms with Gasteiger partial charge in [0.1, 0.15) is 5.75 Å². The SMILES string of the molecule is COc1ccc(NC(=O)c2ccc3c(c2)CCCN3C(=O)c2cccc(C)c2)cc1Cl. The number of methoxy groups -OCH3 is 1. The maximum Gasteiger partial charge on any atom is 0.258 e. The summed E-state index contributed by atoms with van der Waals surface area (Å²) in [5.41, 5.74) is 4.70. The minimum Gasteiger partial charge on any atom is -0.495 e. The number of benzene rings is 3. The van der Waals surface area contributed by atoms with E-state index in [9.17, 15) is 9.59 Å². The van der Waals surface area contributed by atoms with Crippen molar-refractivity contribution >= 4 is 34.8 Å². The first-order chi connectivity index (χ1) is 15.0. The Morgan fingerprint density at radius 1 is 1.03 bits per heavy atom. The van der Waals surface area contributed by atoms with Crippen molar-refractivity contribution in [3.63, 3.8) is 0 Å². The number of nitrogens with zero attached hydrogens (tertiary/aromatic N) is 1. The highest BCUT2D eigenvalue weighted by atomic mass is 35.5. The van der Waals surface area contributed by atoms with Crippen LogP contribution in [-0.4, -0.2) is 25.5 Å². The molecule has 0 aliphatic carbocycles. The molecule has 3 aromatic carbocycles. The van der Waals surface area contributed by atoms with Gasteiger partial charge in [0.15, 0.2) is 0 Å². The molecule has 4 rings (SSSR count). The van der Waals surface area contributed by atoms with E-state index in [-0.39, 0.29) is 11.8 Å². The molecule has 0 saturated heterocycles. The first-order valence-electron chi connectivity index (χ1n) is 10.1. The molecule has 0 unspecified atom stereocenters. The highest BCUT2D eigenvalue weighted by Crippen LogP contribution is 2.31. The average molecular weight is 435 g/mol. The van der Waals surface area contributed by atoms with Gasteiger partial charge in [0, 0.05) is 29.0 Å². The number of nitrogens with one attached hydrogen (secondary N) is 1. The van der Waals surface area contributed by atoms with Crippen molar-refractivity contribution in [2.75, 3.05) is 23.9 Å². The highest BCUT2D eigenvalue weighted by molar-refractivity contribution is 6.32. The third-order valence-electron chi connectivity index (χ3n) is 5.38. The molecule has 0 spiro atoms. The Bertz CT molecular complexity index is 1160. The number of carbonyl (C=O) groups excluding carboxylic acids is 2. The smallest absolute Gasteiger partial charge is 0.258 e. The number of hydrogen-bond donors (Lipinski definition) is 1. The van der Waals surface area contributed by atoms with E-state index in [2.05, 4.69) is 5.32 Å². The fourth-order valence-electron chi connectivity index (χ4n) is 3.83. The molecular weight excluding hydrogens is 412 g/mol. The Morgan fingerprint density at radius 2 is 1.87 bits per heavy atom. The predicted molar refractivity (Wildman–Crippen MR) is 124 cm³/mol. The van der Waals surface area contributed by atoms with Gasteiger partial charge in [0.2, 0.25) is 0 Å². The number of hydrogen-bond acceptors (Lipinski definition) is 3. The van der Waals surface area contributed by atoms with Crippen molar-refractivity contribution in [3.8, 4) is 5.75 Å². The second kappa shape index (κ2) is 8.82. The van der Waals surface area contributed by atoms with Crippen LogP contribution in [0, 0.1) is 6.92 Å². The third kappa shape index (κ3) is 4.42. The summed E-state index contributed by atoms with van der Waals surface area (Å²) in [6, 6.07) is 18.2. The summed E-state index contributed by atoms with van der Waals surface area (Å²) in [7, 11) is 1.54. The number of aryl methyl sites for hydroxylation is 2. The van der Waals surface area contributed by atoms with Crippen LogP contribution >= 0.6 is 11.6 Å². The molecular formula is C25H23ClN2O3. The van der Waals surface area contributed by atoms with Crippen molar-refractivity contribution in [3.05, 3.63) is 87.9 Å². The lowest BCUT2D eigenvalue weighted by atomic mass is 9.98. The molecule has 1 aliphatic heterocycles. The van der Waals surface area contributed by atoms with Gasteiger partial charge in [-0.15, -0.1) is 0 Å². The van der Waals surface area contributed by atoms with Crippen LogP contribution in [0.1, 0.15) is 38.3 Å². The fraction of sp³-hybridized carbons (Fsp3) is 0.200. The minimum atomic E-state index is -0.230. The topological polar surface area (TPSA) is 58.6 Å². The molecule has 158 valence electrons. The maximum atomic E-state index is 13.1. The zero-order valence-corrected chi connectivity index (χ0v) is 18.2. The summed E-state index contributed by atoms with van der Waals surface area (Å²) in [4.78, 5) is 27.7. The van der Waals surface area contributed by atoms with E-state index < -0.39 is 0 Å². The van der Waals surface area contributed by atoms with Crippen LogP contribution in [0.25, 0.3) is 0 Å². The fourth-order valence-corrected chi connectivity index (χ4v) is 4.09. The lowest BCUT2D eigenvalue weighted by molar-refractivity contribution is 0.0984. The van der Waals surface area contributed by atoms with Gasteiger partial charge in [-0.25, -0.2) is 0 Å². The Morgan fingerprint density at radius 3 is 2.61 bits per heavy atom. The second-order valence-corrected chi connectivity index (χ2v) is 7.98. The van der Waals surface area contributed by atoms with Crippen LogP contribution in [0.15, 0.2) is 60.7 Å². The molecule has 31 heavy (non-hydrogen) atoms.